The van der Waals surface area contributed by atoms with E-state index in [0.29, 0.717) is 10.2 Å². The van der Waals surface area contributed by atoms with Crippen LogP contribution in [0, 0.1) is 6.92 Å². The fourth-order valence-corrected chi connectivity index (χ4v) is 1.66. The number of hydrogen-bond acceptors (Lipinski definition) is 3. The predicted octanol–water partition coefficient (Wildman–Crippen LogP) is 3.20. The van der Waals surface area contributed by atoms with E-state index >= 15 is 0 Å². The number of pyridine rings is 1. The van der Waals surface area contributed by atoms with Gasteiger partial charge in [-0.15, -0.1) is 0 Å². The molecule has 0 aromatic carbocycles. The van der Waals surface area contributed by atoms with E-state index in [1.807, 2.05) is 0 Å². The number of esters is 1. The molecule has 0 amide bonds. The zero-order valence-electron chi connectivity index (χ0n) is 9.47. The van der Waals surface area contributed by atoms with Crippen LogP contribution >= 0.6 is 15.9 Å². The molecule has 0 fully saturated rings. The van der Waals surface area contributed by atoms with Gasteiger partial charge in [-0.25, -0.2) is 13.8 Å². The van der Waals surface area contributed by atoms with Crippen LogP contribution < -0.4 is 0 Å². The largest absolute Gasteiger partial charge is 0.466 e. The van der Waals surface area contributed by atoms with Gasteiger partial charge in [0.2, 0.25) is 0 Å². The smallest absolute Gasteiger partial charge is 0.311 e. The van der Waals surface area contributed by atoms with Crippen molar-refractivity contribution in [3.05, 3.63) is 27.5 Å². The van der Waals surface area contributed by atoms with Crippen molar-refractivity contribution >= 4 is 21.9 Å². The minimum absolute atomic E-state index is 0.0518. The first-order valence-corrected chi connectivity index (χ1v) is 5.84. The first kappa shape index (κ1) is 14.0. The fraction of sp³-hybridized carbons (Fsp3) is 0.455. The van der Waals surface area contributed by atoms with Gasteiger partial charge in [0.1, 0.15) is 4.60 Å². The fourth-order valence-electron chi connectivity index (χ4n) is 1.33. The molecule has 1 aromatic heterocycles. The van der Waals surface area contributed by atoms with Gasteiger partial charge in [-0.2, -0.15) is 0 Å². The number of carbonyl (C=O) groups is 1. The molecule has 0 N–H and O–H groups in total. The monoisotopic (exact) mass is 307 g/mol. The van der Waals surface area contributed by atoms with E-state index in [1.54, 1.807) is 13.8 Å². The SMILES string of the molecule is CCOC(=O)Cc1nc(Br)c(C)cc1C(F)F. The molecule has 1 rings (SSSR count). The maximum absolute atomic E-state index is 12.8. The Morgan fingerprint density at radius 2 is 2.24 bits per heavy atom. The first-order valence-electron chi connectivity index (χ1n) is 5.05. The lowest BCUT2D eigenvalue weighted by molar-refractivity contribution is -0.142. The second-order valence-electron chi connectivity index (χ2n) is 3.41. The summed E-state index contributed by atoms with van der Waals surface area (Å²) in [5, 5.41) is 0. The Bertz CT molecular complexity index is 424. The molecule has 0 radical (unpaired) electrons. The lowest BCUT2D eigenvalue weighted by Crippen LogP contribution is -2.11. The number of hydrogen-bond donors (Lipinski definition) is 0. The lowest BCUT2D eigenvalue weighted by atomic mass is 10.1. The summed E-state index contributed by atoms with van der Waals surface area (Å²) >= 11 is 3.15. The molecule has 0 aliphatic rings. The zero-order chi connectivity index (χ0) is 13.0. The summed E-state index contributed by atoms with van der Waals surface area (Å²) < 4.78 is 30.7. The third-order valence-corrected chi connectivity index (χ3v) is 2.92. The molecule has 1 aromatic rings. The van der Waals surface area contributed by atoms with Crippen LogP contribution in [-0.4, -0.2) is 17.6 Å². The summed E-state index contributed by atoms with van der Waals surface area (Å²) in [6.45, 7) is 3.54. The van der Waals surface area contributed by atoms with Crippen LogP contribution in [-0.2, 0) is 16.0 Å². The van der Waals surface area contributed by atoms with Crippen molar-refractivity contribution < 1.29 is 18.3 Å². The van der Waals surface area contributed by atoms with Crippen molar-refractivity contribution in [2.75, 3.05) is 6.61 Å². The highest BCUT2D eigenvalue weighted by atomic mass is 79.9. The molecular weight excluding hydrogens is 296 g/mol. The molecule has 0 spiro atoms. The second-order valence-corrected chi connectivity index (χ2v) is 4.17. The molecule has 0 saturated heterocycles. The average Bonchev–Trinajstić information content (AvgIpc) is 2.23. The molecule has 0 saturated carbocycles. The summed E-state index contributed by atoms with van der Waals surface area (Å²) in [4.78, 5) is 15.2. The highest BCUT2D eigenvalue weighted by Gasteiger charge is 2.19. The Balaban J connectivity index is 3.04. The van der Waals surface area contributed by atoms with Gasteiger partial charge >= 0.3 is 5.97 Å². The summed E-state index contributed by atoms with van der Waals surface area (Å²) in [5.74, 6) is -0.558. The van der Waals surface area contributed by atoms with Crippen LogP contribution in [0.25, 0.3) is 0 Å². The molecule has 17 heavy (non-hydrogen) atoms. The van der Waals surface area contributed by atoms with Gasteiger partial charge in [-0.1, -0.05) is 0 Å². The Labute approximate surface area is 106 Å². The maximum Gasteiger partial charge on any atom is 0.311 e. The third-order valence-electron chi connectivity index (χ3n) is 2.12. The van der Waals surface area contributed by atoms with E-state index in [9.17, 15) is 13.6 Å². The molecular formula is C11H12BrF2NO2. The number of rotatable bonds is 4. The number of aryl methyl sites for hydroxylation is 1. The normalized spacial score (nSPS) is 10.7. The Kier molecular flexibility index (Phi) is 4.99. The topological polar surface area (TPSA) is 39.2 Å². The molecule has 94 valence electrons. The van der Waals surface area contributed by atoms with Crippen LogP contribution in [0.15, 0.2) is 10.7 Å². The van der Waals surface area contributed by atoms with E-state index in [1.165, 1.54) is 6.07 Å². The number of alkyl halides is 2. The Morgan fingerprint density at radius 3 is 2.76 bits per heavy atom. The van der Waals surface area contributed by atoms with Gasteiger partial charge in [-0.3, -0.25) is 4.79 Å². The molecule has 0 aliphatic heterocycles. The standard InChI is InChI=1S/C11H12BrF2NO2/c1-3-17-9(16)5-8-7(11(13)14)4-6(2)10(12)15-8/h4,11H,3,5H2,1-2H3. The lowest BCUT2D eigenvalue weighted by Gasteiger charge is -2.10. The van der Waals surface area contributed by atoms with E-state index in [2.05, 4.69) is 20.9 Å². The highest BCUT2D eigenvalue weighted by molar-refractivity contribution is 9.10. The van der Waals surface area contributed by atoms with Crippen molar-refractivity contribution in [1.29, 1.82) is 0 Å². The summed E-state index contributed by atoms with van der Waals surface area (Å²) in [6, 6.07) is 1.33. The van der Waals surface area contributed by atoms with Crippen molar-refractivity contribution in [3.8, 4) is 0 Å². The minimum Gasteiger partial charge on any atom is -0.466 e. The van der Waals surface area contributed by atoms with Gasteiger partial charge in [0.25, 0.3) is 6.43 Å². The van der Waals surface area contributed by atoms with Crippen LogP contribution in [0.1, 0.15) is 30.2 Å². The minimum atomic E-state index is -2.65. The number of nitrogens with zero attached hydrogens (tertiary/aromatic N) is 1. The van der Waals surface area contributed by atoms with E-state index < -0.39 is 12.4 Å². The van der Waals surface area contributed by atoms with Crippen LogP contribution in [0.2, 0.25) is 0 Å². The predicted molar refractivity (Wildman–Crippen MR) is 62.0 cm³/mol. The number of halogens is 3. The van der Waals surface area contributed by atoms with E-state index in [-0.39, 0.29) is 24.3 Å². The average molecular weight is 308 g/mol. The van der Waals surface area contributed by atoms with Crippen LogP contribution in [0.3, 0.4) is 0 Å². The van der Waals surface area contributed by atoms with E-state index in [0.717, 1.165) is 0 Å². The Hall–Kier alpha value is -1.04. The highest BCUT2D eigenvalue weighted by Crippen LogP contribution is 2.26. The number of aromatic nitrogens is 1. The van der Waals surface area contributed by atoms with Gasteiger partial charge < -0.3 is 4.74 Å². The first-order chi connectivity index (χ1) is 7.95. The second kappa shape index (κ2) is 6.05. The zero-order valence-corrected chi connectivity index (χ0v) is 11.1. The van der Waals surface area contributed by atoms with Crippen LogP contribution in [0.4, 0.5) is 8.78 Å². The maximum atomic E-state index is 12.8. The molecule has 6 heteroatoms. The van der Waals surface area contributed by atoms with E-state index in [4.69, 9.17) is 4.74 Å². The molecule has 3 nitrogen and oxygen atoms in total. The quantitative estimate of drug-likeness (QED) is 0.633. The van der Waals surface area contributed by atoms with Crippen molar-refractivity contribution in [2.24, 2.45) is 0 Å². The molecule has 0 unspecified atom stereocenters. The number of carbonyl (C=O) groups excluding carboxylic acids is 1. The van der Waals surface area contributed by atoms with Crippen molar-refractivity contribution in [2.45, 2.75) is 26.7 Å². The molecule has 1 heterocycles. The summed E-state index contributed by atoms with van der Waals surface area (Å²) in [5.41, 5.74) is 0.433. The Morgan fingerprint density at radius 1 is 1.59 bits per heavy atom. The summed E-state index contributed by atoms with van der Waals surface area (Å²) in [7, 11) is 0. The third kappa shape index (κ3) is 3.73. The van der Waals surface area contributed by atoms with Gasteiger partial charge in [0.15, 0.2) is 0 Å². The van der Waals surface area contributed by atoms with Crippen molar-refractivity contribution in [1.82, 2.24) is 4.98 Å². The van der Waals surface area contributed by atoms with Crippen LogP contribution in [0.5, 0.6) is 0 Å². The van der Waals surface area contributed by atoms with Crippen molar-refractivity contribution in [3.63, 3.8) is 0 Å². The molecule has 0 bridgehead atoms. The molecule has 0 atom stereocenters. The number of ether oxygens (including phenoxy) is 1. The molecule has 0 aliphatic carbocycles. The van der Waals surface area contributed by atoms with Gasteiger partial charge in [0, 0.05) is 5.56 Å². The van der Waals surface area contributed by atoms with Gasteiger partial charge in [0.05, 0.1) is 18.7 Å². The summed E-state index contributed by atoms with van der Waals surface area (Å²) in [6.07, 6.45) is -2.90. The van der Waals surface area contributed by atoms with Gasteiger partial charge in [-0.05, 0) is 41.4 Å².